The second-order valence-electron chi connectivity index (χ2n) is 6.54. The van der Waals surface area contributed by atoms with Crippen LogP contribution in [-0.4, -0.2) is 71.5 Å². The Morgan fingerprint density at radius 1 is 1.43 bits per heavy atom. The minimum absolute atomic E-state index is 0.0243. The van der Waals surface area contributed by atoms with Gasteiger partial charge in [-0.3, -0.25) is 4.90 Å². The van der Waals surface area contributed by atoms with Crippen molar-refractivity contribution >= 4 is 17.4 Å². The van der Waals surface area contributed by atoms with E-state index in [0.29, 0.717) is 18.5 Å². The zero-order valence-electron chi connectivity index (χ0n) is 14.0. The average Bonchev–Trinajstić information content (AvgIpc) is 3.02. The van der Waals surface area contributed by atoms with Crippen molar-refractivity contribution in [2.24, 2.45) is 0 Å². The highest BCUT2D eigenvalue weighted by atomic mass is 32.1. The fraction of sp³-hybridized carbons (Fsp3) is 0.800. The summed E-state index contributed by atoms with van der Waals surface area (Å²) in [5.74, 6) is 0.373. The number of hydrogen-bond acceptors (Lipinski definition) is 6. The average molecular weight is 339 g/mol. The SMILES string of the molecule is CC(C)c1nnc(CNC(=O)N2CCC3OCCN(C)C3C2)s1. The van der Waals surface area contributed by atoms with Crippen LogP contribution in [0.1, 0.15) is 36.2 Å². The van der Waals surface area contributed by atoms with E-state index in [4.69, 9.17) is 4.74 Å². The number of ether oxygens (including phenoxy) is 1. The number of aromatic nitrogens is 2. The van der Waals surface area contributed by atoms with Gasteiger partial charge in [-0.2, -0.15) is 0 Å². The van der Waals surface area contributed by atoms with Crippen molar-refractivity contribution in [1.29, 1.82) is 0 Å². The molecule has 2 amide bonds. The van der Waals surface area contributed by atoms with Crippen LogP contribution in [0, 0.1) is 0 Å². The van der Waals surface area contributed by atoms with Crippen molar-refractivity contribution in [3.8, 4) is 0 Å². The predicted molar refractivity (Wildman–Crippen MR) is 88.6 cm³/mol. The second-order valence-corrected chi connectivity index (χ2v) is 7.63. The highest BCUT2D eigenvalue weighted by molar-refractivity contribution is 7.11. The molecule has 2 unspecified atom stereocenters. The quantitative estimate of drug-likeness (QED) is 0.898. The lowest BCUT2D eigenvalue weighted by Crippen LogP contribution is -2.60. The maximum Gasteiger partial charge on any atom is 0.317 e. The highest BCUT2D eigenvalue weighted by Gasteiger charge is 2.36. The summed E-state index contributed by atoms with van der Waals surface area (Å²) in [7, 11) is 2.11. The molecular formula is C15H25N5O2S. The van der Waals surface area contributed by atoms with Crippen LogP contribution in [0.3, 0.4) is 0 Å². The van der Waals surface area contributed by atoms with Gasteiger partial charge in [0.25, 0.3) is 0 Å². The zero-order valence-corrected chi connectivity index (χ0v) is 14.8. The molecule has 7 nitrogen and oxygen atoms in total. The summed E-state index contributed by atoms with van der Waals surface area (Å²) in [5.41, 5.74) is 0. The Morgan fingerprint density at radius 3 is 3.00 bits per heavy atom. The molecule has 1 N–H and O–H groups in total. The van der Waals surface area contributed by atoms with E-state index in [0.717, 1.165) is 42.7 Å². The van der Waals surface area contributed by atoms with Crippen molar-refractivity contribution in [2.45, 2.75) is 44.9 Å². The van der Waals surface area contributed by atoms with Crippen molar-refractivity contribution in [1.82, 2.24) is 25.3 Å². The summed E-state index contributed by atoms with van der Waals surface area (Å²) < 4.78 is 5.82. The van der Waals surface area contributed by atoms with Crippen molar-refractivity contribution < 1.29 is 9.53 Å². The standard InChI is InChI=1S/C15H25N5O2S/c1-10(2)14-18-17-13(23-14)8-16-15(21)20-5-4-12-11(9-20)19(3)6-7-22-12/h10-12H,4-9H2,1-3H3,(H,16,21). The number of nitrogens with one attached hydrogen (secondary N) is 1. The molecule has 0 radical (unpaired) electrons. The molecule has 2 aliphatic heterocycles. The third-order valence-electron chi connectivity index (χ3n) is 4.52. The predicted octanol–water partition coefficient (Wildman–Crippen LogP) is 1.28. The highest BCUT2D eigenvalue weighted by Crippen LogP contribution is 2.22. The molecule has 0 spiro atoms. The van der Waals surface area contributed by atoms with Gasteiger partial charge in [-0.25, -0.2) is 4.79 Å². The fourth-order valence-electron chi connectivity index (χ4n) is 3.06. The van der Waals surface area contributed by atoms with Crippen molar-refractivity contribution in [3.63, 3.8) is 0 Å². The van der Waals surface area contributed by atoms with Crippen LogP contribution >= 0.6 is 11.3 Å². The summed E-state index contributed by atoms with van der Waals surface area (Å²) in [4.78, 5) is 16.6. The number of carbonyl (C=O) groups is 1. The van der Waals surface area contributed by atoms with E-state index in [2.05, 4.69) is 41.3 Å². The summed E-state index contributed by atoms with van der Waals surface area (Å²) in [6.45, 7) is 7.82. The molecule has 128 valence electrons. The first-order chi connectivity index (χ1) is 11.0. The first-order valence-electron chi connectivity index (χ1n) is 8.21. The molecule has 23 heavy (non-hydrogen) atoms. The van der Waals surface area contributed by atoms with Gasteiger partial charge < -0.3 is 15.0 Å². The lowest BCUT2D eigenvalue weighted by atomic mass is 9.99. The lowest BCUT2D eigenvalue weighted by molar-refractivity contribution is -0.0881. The van der Waals surface area contributed by atoms with Gasteiger partial charge in [-0.15, -0.1) is 10.2 Å². The van der Waals surface area contributed by atoms with Crippen LogP contribution < -0.4 is 5.32 Å². The van der Waals surface area contributed by atoms with Gasteiger partial charge in [0.15, 0.2) is 0 Å². The van der Waals surface area contributed by atoms with E-state index in [9.17, 15) is 4.79 Å². The Bertz CT molecular complexity index is 550. The number of nitrogens with zero attached hydrogens (tertiary/aromatic N) is 4. The molecule has 8 heteroatoms. The minimum Gasteiger partial charge on any atom is -0.375 e. The Labute approximate surface area is 141 Å². The molecule has 2 fully saturated rings. The van der Waals surface area contributed by atoms with E-state index in [1.807, 2.05) is 4.90 Å². The number of rotatable bonds is 3. The number of hydrogen-bond donors (Lipinski definition) is 1. The number of piperidine rings is 1. The normalized spacial score (nSPS) is 25.5. The number of urea groups is 1. The van der Waals surface area contributed by atoms with Gasteiger partial charge in [-0.1, -0.05) is 25.2 Å². The number of likely N-dealkylation sites (N-methyl/N-ethyl adjacent to an activating group) is 1. The molecule has 2 aliphatic rings. The lowest BCUT2D eigenvalue weighted by Gasteiger charge is -2.45. The topological polar surface area (TPSA) is 70.6 Å². The molecule has 1 aromatic rings. The second kappa shape index (κ2) is 7.11. The van der Waals surface area contributed by atoms with E-state index < -0.39 is 0 Å². The molecular weight excluding hydrogens is 314 g/mol. The van der Waals surface area contributed by atoms with Gasteiger partial charge in [0.2, 0.25) is 0 Å². The first-order valence-corrected chi connectivity index (χ1v) is 9.03. The number of carbonyl (C=O) groups excluding carboxylic acids is 1. The van der Waals surface area contributed by atoms with E-state index in [1.165, 1.54) is 0 Å². The number of fused-ring (bicyclic) bond motifs is 1. The molecule has 0 aromatic carbocycles. The number of likely N-dealkylation sites (tertiary alicyclic amines) is 1. The Kier molecular flexibility index (Phi) is 5.13. The van der Waals surface area contributed by atoms with Gasteiger partial charge in [-0.05, 0) is 13.5 Å². The monoisotopic (exact) mass is 339 g/mol. The van der Waals surface area contributed by atoms with Crippen LogP contribution in [-0.2, 0) is 11.3 Å². The van der Waals surface area contributed by atoms with Crippen LogP contribution in [0.25, 0.3) is 0 Å². The zero-order chi connectivity index (χ0) is 16.4. The Morgan fingerprint density at radius 2 is 2.26 bits per heavy atom. The van der Waals surface area contributed by atoms with E-state index in [-0.39, 0.29) is 12.1 Å². The maximum atomic E-state index is 12.4. The smallest absolute Gasteiger partial charge is 0.317 e. The number of morpholine rings is 1. The van der Waals surface area contributed by atoms with E-state index in [1.54, 1.807) is 11.3 Å². The van der Waals surface area contributed by atoms with Gasteiger partial charge >= 0.3 is 6.03 Å². The van der Waals surface area contributed by atoms with Gasteiger partial charge in [0.05, 0.1) is 25.3 Å². The van der Waals surface area contributed by atoms with Crippen LogP contribution in [0.5, 0.6) is 0 Å². The molecule has 0 saturated carbocycles. The van der Waals surface area contributed by atoms with Crippen LogP contribution in [0.2, 0.25) is 0 Å². The largest absolute Gasteiger partial charge is 0.375 e. The molecule has 0 aliphatic carbocycles. The third kappa shape index (κ3) is 3.81. The summed E-state index contributed by atoms with van der Waals surface area (Å²) >= 11 is 1.56. The van der Waals surface area contributed by atoms with Crippen LogP contribution in [0.4, 0.5) is 4.79 Å². The molecule has 0 bridgehead atoms. The number of amides is 2. The Balaban J connectivity index is 1.52. The fourth-order valence-corrected chi connectivity index (χ4v) is 3.85. The molecule has 3 rings (SSSR count). The van der Waals surface area contributed by atoms with Crippen molar-refractivity contribution in [2.75, 3.05) is 33.3 Å². The molecule has 2 saturated heterocycles. The summed E-state index contributed by atoms with van der Waals surface area (Å²) in [6.07, 6.45) is 1.16. The van der Waals surface area contributed by atoms with Gasteiger partial charge in [0.1, 0.15) is 10.0 Å². The Hall–Kier alpha value is -1.25. The maximum absolute atomic E-state index is 12.4. The van der Waals surface area contributed by atoms with Crippen LogP contribution in [0.15, 0.2) is 0 Å². The summed E-state index contributed by atoms with van der Waals surface area (Å²) in [6, 6.07) is 0.279. The first kappa shape index (κ1) is 16.6. The molecule has 3 heterocycles. The third-order valence-corrected chi connectivity index (χ3v) is 5.74. The minimum atomic E-state index is -0.0243. The van der Waals surface area contributed by atoms with Gasteiger partial charge in [0, 0.05) is 25.6 Å². The molecule has 1 aromatic heterocycles. The van der Waals surface area contributed by atoms with E-state index >= 15 is 0 Å². The van der Waals surface area contributed by atoms with Crippen molar-refractivity contribution in [3.05, 3.63) is 10.0 Å². The molecule has 2 atom stereocenters. The summed E-state index contributed by atoms with van der Waals surface area (Å²) in [5, 5.41) is 13.1.